The van der Waals surface area contributed by atoms with Gasteiger partial charge in [0, 0.05) is 31.0 Å². The van der Waals surface area contributed by atoms with Crippen LogP contribution in [-0.4, -0.2) is 22.3 Å². The zero-order valence-electron chi connectivity index (χ0n) is 11.9. The molecule has 1 fully saturated rings. The summed E-state index contributed by atoms with van der Waals surface area (Å²) in [5, 5.41) is 0. The van der Waals surface area contributed by atoms with Gasteiger partial charge in [0.2, 0.25) is 0 Å². The van der Waals surface area contributed by atoms with Gasteiger partial charge in [-0.25, -0.2) is 0 Å². The molecule has 3 rings (SSSR count). The second-order valence-corrected chi connectivity index (χ2v) is 5.34. The van der Waals surface area contributed by atoms with Gasteiger partial charge in [-0.2, -0.15) is 0 Å². The highest BCUT2D eigenvalue weighted by Crippen LogP contribution is 2.32. The highest BCUT2D eigenvalue weighted by Gasteiger charge is 2.30. The summed E-state index contributed by atoms with van der Waals surface area (Å²) < 4.78 is 0. The van der Waals surface area contributed by atoms with Crippen LogP contribution >= 0.6 is 0 Å². The molecule has 4 nitrogen and oxygen atoms in total. The van der Waals surface area contributed by atoms with E-state index in [9.17, 15) is 4.79 Å². The van der Waals surface area contributed by atoms with Crippen LogP contribution in [0.1, 0.15) is 40.4 Å². The van der Waals surface area contributed by atoms with E-state index in [0.29, 0.717) is 6.54 Å². The first-order valence-corrected chi connectivity index (χ1v) is 7.29. The fraction of sp³-hybridized carbons (Fsp3) is 0.294. The number of nitrogens with two attached hydrogens (primary N) is 1. The second-order valence-electron chi connectivity index (χ2n) is 5.34. The zero-order chi connectivity index (χ0) is 14.7. The molecule has 0 aliphatic carbocycles. The molecule has 108 valence electrons. The lowest BCUT2D eigenvalue weighted by Gasteiger charge is -2.25. The van der Waals surface area contributed by atoms with Crippen LogP contribution in [0.25, 0.3) is 0 Å². The number of carbonyl (C=O) groups excluding carboxylic acids is 1. The van der Waals surface area contributed by atoms with E-state index in [-0.39, 0.29) is 11.9 Å². The maximum Gasteiger partial charge on any atom is 0.254 e. The number of amides is 1. The Labute approximate surface area is 124 Å². The minimum Gasteiger partial charge on any atom is -0.332 e. The van der Waals surface area contributed by atoms with Crippen LogP contribution in [0.15, 0.2) is 48.8 Å². The molecule has 1 amide bonds. The van der Waals surface area contributed by atoms with Crippen molar-refractivity contribution in [2.45, 2.75) is 25.4 Å². The van der Waals surface area contributed by atoms with E-state index in [2.05, 4.69) is 4.98 Å². The van der Waals surface area contributed by atoms with Gasteiger partial charge >= 0.3 is 0 Å². The number of benzene rings is 1. The molecule has 21 heavy (non-hydrogen) atoms. The van der Waals surface area contributed by atoms with Crippen LogP contribution in [0, 0.1) is 0 Å². The largest absolute Gasteiger partial charge is 0.332 e. The summed E-state index contributed by atoms with van der Waals surface area (Å²) in [5.74, 6) is 0.0876. The standard InChI is InChI=1S/C17H19N3O/c18-12-13-3-1-4-15(11-13)17(21)20-10-2-5-16(20)14-6-8-19-9-7-14/h1,3-4,6-9,11,16H,2,5,10,12,18H2. The molecule has 1 aliphatic rings. The lowest BCUT2D eigenvalue weighted by atomic mass is 10.0. The number of carbonyl (C=O) groups is 1. The fourth-order valence-corrected chi connectivity index (χ4v) is 2.94. The summed E-state index contributed by atoms with van der Waals surface area (Å²) in [5.41, 5.74) is 8.52. The quantitative estimate of drug-likeness (QED) is 0.940. The highest BCUT2D eigenvalue weighted by molar-refractivity contribution is 5.94. The number of rotatable bonds is 3. The van der Waals surface area contributed by atoms with Gasteiger partial charge in [-0.05, 0) is 48.2 Å². The molecule has 0 spiro atoms. The molecule has 1 saturated heterocycles. The van der Waals surface area contributed by atoms with Crippen LogP contribution in [-0.2, 0) is 6.54 Å². The van der Waals surface area contributed by atoms with Crippen LogP contribution in [0.2, 0.25) is 0 Å². The molecule has 2 aromatic rings. The van der Waals surface area contributed by atoms with Crippen LogP contribution in [0.3, 0.4) is 0 Å². The van der Waals surface area contributed by atoms with E-state index in [1.807, 2.05) is 41.3 Å². The third-order valence-electron chi connectivity index (χ3n) is 4.01. The number of likely N-dealkylation sites (tertiary alicyclic amines) is 1. The Hall–Kier alpha value is -2.20. The van der Waals surface area contributed by atoms with Crippen molar-refractivity contribution >= 4 is 5.91 Å². The average Bonchev–Trinajstić information content (AvgIpc) is 3.04. The summed E-state index contributed by atoms with van der Waals surface area (Å²) in [6.07, 6.45) is 5.61. The molecule has 4 heteroatoms. The third kappa shape index (κ3) is 2.81. The van der Waals surface area contributed by atoms with Gasteiger partial charge in [0.15, 0.2) is 0 Å². The first kappa shape index (κ1) is 13.8. The molecule has 1 unspecified atom stereocenters. The third-order valence-corrected chi connectivity index (χ3v) is 4.01. The smallest absolute Gasteiger partial charge is 0.254 e. The van der Waals surface area contributed by atoms with E-state index in [4.69, 9.17) is 5.73 Å². The Balaban J connectivity index is 1.86. The molecule has 1 aromatic carbocycles. The maximum atomic E-state index is 12.8. The molecular weight excluding hydrogens is 262 g/mol. The van der Waals surface area contributed by atoms with E-state index in [1.54, 1.807) is 12.4 Å². The Bertz CT molecular complexity index is 627. The van der Waals surface area contributed by atoms with Crippen molar-refractivity contribution < 1.29 is 4.79 Å². The lowest BCUT2D eigenvalue weighted by Crippen LogP contribution is -2.30. The number of pyridine rings is 1. The molecule has 2 heterocycles. The molecular formula is C17H19N3O. The van der Waals surface area contributed by atoms with Crippen LogP contribution in [0.4, 0.5) is 0 Å². The van der Waals surface area contributed by atoms with Gasteiger partial charge in [0.05, 0.1) is 6.04 Å². The Morgan fingerprint density at radius 2 is 2.10 bits per heavy atom. The van der Waals surface area contributed by atoms with Gasteiger partial charge in [-0.15, -0.1) is 0 Å². The van der Waals surface area contributed by atoms with Gasteiger partial charge in [-0.3, -0.25) is 9.78 Å². The highest BCUT2D eigenvalue weighted by atomic mass is 16.2. The van der Waals surface area contributed by atoms with E-state index in [0.717, 1.165) is 36.1 Å². The Morgan fingerprint density at radius 3 is 2.86 bits per heavy atom. The topological polar surface area (TPSA) is 59.2 Å². The van der Waals surface area contributed by atoms with E-state index >= 15 is 0 Å². The van der Waals surface area contributed by atoms with Crippen molar-refractivity contribution in [3.8, 4) is 0 Å². The summed E-state index contributed by atoms with van der Waals surface area (Å²) >= 11 is 0. The number of hydrogen-bond acceptors (Lipinski definition) is 3. The van der Waals surface area contributed by atoms with Crippen molar-refractivity contribution in [3.63, 3.8) is 0 Å². The predicted molar refractivity (Wildman–Crippen MR) is 81.6 cm³/mol. The van der Waals surface area contributed by atoms with E-state index < -0.39 is 0 Å². The first-order chi connectivity index (χ1) is 10.3. The van der Waals surface area contributed by atoms with Gasteiger partial charge < -0.3 is 10.6 Å². The second kappa shape index (κ2) is 6.06. The summed E-state index contributed by atoms with van der Waals surface area (Å²) in [6, 6.07) is 11.7. The number of nitrogens with zero attached hydrogens (tertiary/aromatic N) is 2. The van der Waals surface area contributed by atoms with Crippen molar-refractivity contribution in [3.05, 3.63) is 65.5 Å². The normalized spacial score (nSPS) is 18.0. The maximum absolute atomic E-state index is 12.8. The molecule has 0 bridgehead atoms. The molecule has 1 aromatic heterocycles. The molecule has 1 aliphatic heterocycles. The van der Waals surface area contributed by atoms with Crippen LogP contribution < -0.4 is 5.73 Å². The zero-order valence-corrected chi connectivity index (χ0v) is 11.9. The van der Waals surface area contributed by atoms with Gasteiger partial charge in [0.1, 0.15) is 0 Å². The summed E-state index contributed by atoms with van der Waals surface area (Å²) in [4.78, 5) is 18.8. The summed E-state index contributed by atoms with van der Waals surface area (Å²) in [6.45, 7) is 1.26. The SMILES string of the molecule is NCc1cccc(C(=O)N2CCCC2c2ccncc2)c1. The average molecular weight is 281 g/mol. The molecule has 2 N–H and O–H groups in total. The Kier molecular flexibility index (Phi) is 3.97. The molecule has 0 radical (unpaired) electrons. The lowest BCUT2D eigenvalue weighted by molar-refractivity contribution is 0.0735. The predicted octanol–water partition coefficient (Wildman–Crippen LogP) is 2.52. The van der Waals surface area contributed by atoms with Crippen molar-refractivity contribution in [2.75, 3.05) is 6.54 Å². The molecule has 1 atom stereocenters. The van der Waals surface area contributed by atoms with Gasteiger partial charge in [-0.1, -0.05) is 12.1 Å². The minimum absolute atomic E-state index is 0.0876. The Morgan fingerprint density at radius 1 is 1.29 bits per heavy atom. The summed E-state index contributed by atoms with van der Waals surface area (Å²) in [7, 11) is 0. The van der Waals surface area contributed by atoms with Crippen molar-refractivity contribution in [1.82, 2.24) is 9.88 Å². The fourth-order valence-electron chi connectivity index (χ4n) is 2.94. The number of hydrogen-bond donors (Lipinski definition) is 1. The van der Waals surface area contributed by atoms with Crippen molar-refractivity contribution in [2.24, 2.45) is 5.73 Å². The van der Waals surface area contributed by atoms with Gasteiger partial charge in [0.25, 0.3) is 5.91 Å². The minimum atomic E-state index is 0.0876. The molecule has 0 saturated carbocycles. The van der Waals surface area contributed by atoms with E-state index in [1.165, 1.54) is 0 Å². The van der Waals surface area contributed by atoms with Crippen LogP contribution in [0.5, 0.6) is 0 Å². The number of aromatic nitrogens is 1. The van der Waals surface area contributed by atoms with Crippen molar-refractivity contribution in [1.29, 1.82) is 0 Å². The first-order valence-electron chi connectivity index (χ1n) is 7.29. The monoisotopic (exact) mass is 281 g/mol.